The highest BCUT2D eigenvalue weighted by atomic mass is 19.1. The van der Waals surface area contributed by atoms with Crippen molar-refractivity contribution in [3.63, 3.8) is 0 Å². The molecule has 1 amide bonds. The first kappa shape index (κ1) is 15.6. The molecule has 1 fully saturated rings. The zero-order valence-electron chi connectivity index (χ0n) is 11.6. The van der Waals surface area contributed by atoms with Gasteiger partial charge in [-0.2, -0.15) is 0 Å². The lowest BCUT2D eigenvalue weighted by Gasteiger charge is -2.30. The van der Waals surface area contributed by atoms with Gasteiger partial charge >= 0.3 is 0 Å². The Labute approximate surface area is 121 Å². The van der Waals surface area contributed by atoms with Crippen molar-refractivity contribution in [1.29, 1.82) is 0 Å². The molecule has 1 heterocycles. The minimum atomic E-state index is -0.892. The van der Waals surface area contributed by atoms with Crippen LogP contribution in [0.2, 0.25) is 0 Å². The Kier molecular flexibility index (Phi) is 5.01. The Morgan fingerprint density at radius 2 is 1.86 bits per heavy atom. The number of piperidine rings is 1. The third-order valence-corrected chi connectivity index (χ3v) is 3.69. The monoisotopic (exact) mass is 296 g/mol. The molecule has 0 aromatic heterocycles. The van der Waals surface area contributed by atoms with Crippen LogP contribution >= 0.6 is 0 Å². The summed E-state index contributed by atoms with van der Waals surface area (Å²) >= 11 is 0. The second-order valence-corrected chi connectivity index (χ2v) is 5.27. The number of nitrogens with two attached hydrogens (primary N) is 1. The molecule has 0 aliphatic carbocycles. The van der Waals surface area contributed by atoms with Gasteiger partial charge in [0.1, 0.15) is 11.6 Å². The number of hydrogen-bond acceptors (Lipinski definition) is 3. The van der Waals surface area contributed by atoms with Crippen molar-refractivity contribution in [1.82, 2.24) is 4.90 Å². The maximum Gasteiger partial charge on any atom is 0.223 e. The number of nitrogens with zero attached hydrogens (tertiary/aromatic N) is 1. The van der Waals surface area contributed by atoms with E-state index in [0.717, 1.165) is 25.0 Å². The van der Waals surface area contributed by atoms with E-state index in [2.05, 4.69) is 0 Å². The molecule has 2 N–H and O–H groups in total. The Balaban J connectivity index is 1.87. The molecular formula is C15H18F2N2O2. The van der Waals surface area contributed by atoms with Crippen molar-refractivity contribution in [3.8, 4) is 0 Å². The smallest absolute Gasteiger partial charge is 0.223 e. The average Bonchev–Trinajstić information content (AvgIpc) is 2.45. The topological polar surface area (TPSA) is 63.4 Å². The molecule has 0 bridgehead atoms. The highest BCUT2D eigenvalue weighted by molar-refractivity contribution is 5.98. The molecule has 4 nitrogen and oxygen atoms in total. The number of amides is 1. The number of hydrogen-bond donors (Lipinski definition) is 1. The molecule has 0 atom stereocenters. The Morgan fingerprint density at radius 3 is 2.48 bits per heavy atom. The fraction of sp³-hybridized carbons (Fsp3) is 0.467. The summed E-state index contributed by atoms with van der Waals surface area (Å²) in [6.45, 7) is 1.19. The van der Waals surface area contributed by atoms with Gasteiger partial charge in [0.2, 0.25) is 5.91 Å². The van der Waals surface area contributed by atoms with Crippen LogP contribution in [0.15, 0.2) is 18.2 Å². The zero-order valence-corrected chi connectivity index (χ0v) is 11.6. The summed E-state index contributed by atoms with van der Waals surface area (Å²) in [7, 11) is 0. The van der Waals surface area contributed by atoms with Crippen LogP contribution in [0, 0.1) is 11.6 Å². The van der Waals surface area contributed by atoms with Gasteiger partial charge in [0, 0.05) is 38.0 Å². The van der Waals surface area contributed by atoms with E-state index < -0.39 is 17.4 Å². The van der Waals surface area contributed by atoms with Crippen molar-refractivity contribution in [2.75, 3.05) is 13.1 Å². The lowest BCUT2D eigenvalue weighted by molar-refractivity contribution is -0.132. The van der Waals surface area contributed by atoms with Gasteiger partial charge in [0.25, 0.3) is 0 Å². The summed E-state index contributed by atoms with van der Waals surface area (Å²) < 4.78 is 26.2. The minimum absolute atomic E-state index is 0.0326. The Morgan fingerprint density at radius 1 is 1.19 bits per heavy atom. The molecule has 0 saturated carbocycles. The molecule has 0 radical (unpaired) electrons. The van der Waals surface area contributed by atoms with Gasteiger partial charge in [-0.1, -0.05) is 0 Å². The summed E-state index contributed by atoms with van der Waals surface area (Å²) in [6.07, 6.45) is 1.47. The maximum atomic E-state index is 13.5. The number of benzene rings is 1. The van der Waals surface area contributed by atoms with Crippen LogP contribution in [-0.2, 0) is 4.79 Å². The van der Waals surface area contributed by atoms with Crippen molar-refractivity contribution in [3.05, 3.63) is 35.4 Å². The Bertz CT molecular complexity index is 540. The lowest BCUT2D eigenvalue weighted by atomic mass is 10.0. The standard InChI is InChI=1S/C15H18F2N2O2/c16-10-1-2-12(13(17)9-10)14(20)3-4-15(21)19-7-5-11(18)6-8-19/h1-2,9,11H,3-8,18H2. The summed E-state index contributed by atoms with van der Waals surface area (Å²) in [5, 5.41) is 0. The van der Waals surface area contributed by atoms with Crippen molar-refractivity contribution in [2.24, 2.45) is 5.73 Å². The molecular weight excluding hydrogens is 278 g/mol. The first-order valence-corrected chi connectivity index (χ1v) is 6.99. The fourth-order valence-corrected chi connectivity index (χ4v) is 2.38. The number of likely N-dealkylation sites (tertiary alicyclic amines) is 1. The van der Waals surface area contributed by atoms with E-state index in [1.807, 2.05) is 0 Å². The van der Waals surface area contributed by atoms with Crippen LogP contribution in [0.1, 0.15) is 36.0 Å². The van der Waals surface area contributed by atoms with Gasteiger partial charge in [-0.15, -0.1) is 0 Å². The second kappa shape index (κ2) is 6.76. The van der Waals surface area contributed by atoms with Gasteiger partial charge in [0.05, 0.1) is 5.56 Å². The maximum absolute atomic E-state index is 13.5. The van der Waals surface area contributed by atoms with Crippen LogP contribution in [-0.4, -0.2) is 35.7 Å². The molecule has 6 heteroatoms. The van der Waals surface area contributed by atoms with E-state index in [9.17, 15) is 18.4 Å². The van der Waals surface area contributed by atoms with Crippen LogP contribution < -0.4 is 5.73 Å². The first-order valence-electron chi connectivity index (χ1n) is 6.99. The fourth-order valence-electron chi connectivity index (χ4n) is 2.38. The van der Waals surface area contributed by atoms with Gasteiger partial charge in [-0.05, 0) is 25.0 Å². The molecule has 114 valence electrons. The van der Waals surface area contributed by atoms with Crippen LogP contribution in [0.4, 0.5) is 8.78 Å². The highest BCUT2D eigenvalue weighted by Gasteiger charge is 2.21. The molecule has 21 heavy (non-hydrogen) atoms. The number of halogens is 2. The minimum Gasteiger partial charge on any atom is -0.343 e. The van der Waals surface area contributed by atoms with E-state index in [-0.39, 0.29) is 30.4 Å². The number of ketones is 1. The van der Waals surface area contributed by atoms with Crippen LogP contribution in [0.3, 0.4) is 0 Å². The quantitative estimate of drug-likeness (QED) is 0.863. The first-order chi connectivity index (χ1) is 9.97. The van der Waals surface area contributed by atoms with Crippen LogP contribution in [0.5, 0.6) is 0 Å². The van der Waals surface area contributed by atoms with E-state index in [1.54, 1.807) is 4.90 Å². The molecule has 1 aliphatic rings. The van der Waals surface area contributed by atoms with Crippen molar-refractivity contribution < 1.29 is 18.4 Å². The molecule has 0 unspecified atom stereocenters. The summed E-state index contributed by atoms with van der Waals surface area (Å²) in [4.78, 5) is 25.5. The highest BCUT2D eigenvalue weighted by Crippen LogP contribution is 2.15. The van der Waals surface area contributed by atoms with E-state index in [1.165, 1.54) is 0 Å². The van der Waals surface area contributed by atoms with E-state index >= 15 is 0 Å². The zero-order chi connectivity index (χ0) is 15.4. The van der Waals surface area contributed by atoms with Crippen molar-refractivity contribution in [2.45, 2.75) is 31.7 Å². The van der Waals surface area contributed by atoms with Crippen molar-refractivity contribution >= 4 is 11.7 Å². The predicted octanol–water partition coefficient (Wildman–Crippen LogP) is 1.88. The Hall–Kier alpha value is -1.82. The molecule has 2 rings (SSSR count). The summed E-state index contributed by atoms with van der Waals surface area (Å²) in [6, 6.07) is 2.94. The number of rotatable bonds is 4. The average molecular weight is 296 g/mol. The third-order valence-electron chi connectivity index (χ3n) is 3.69. The number of carbonyl (C=O) groups excluding carboxylic acids is 2. The third kappa shape index (κ3) is 4.07. The van der Waals surface area contributed by atoms with Gasteiger partial charge in [0.15, 0.2) is 5.78 Å². The summed E-state index contributed by atoms with van der Waals surface area (Å²) in [5.41, 5.74) is 5.58. The van der Waals surface area contributed by atoms with Crippen LogP contribution in [0.25, 0.3) is 0 Å². The largest absolute Gasteiger partial charge is 0.343 e. The van der Waals surface area contributed by atoms with Gasteiger partial charge < -0.3 is 10.6 Å². The molecule has 1 saturated heterocycles. The summed E-state index contributed by atoms with van der Waals surface area (Å²) in [5.74, 6) is -2.24. The van der Waals surface area contributed by atoms with Gasteiger partial charge in [-0.3, -0.25) is 9.59 Å². The van der Waals surface area contributed by atoms with E-state index in [4.69, 9.17) is 5.73 Å². The SMILES string of the molecule is NC1CCN(C(=O)CCC(=O)c2ccc(F)cc2F)CC1. The second-order valence-electron chi connectivity index (χ2n) is 5.27. The number of Topliss-reactive ketones (excluding diaryl/α,β-unsaturated/α-hetero) is 1. The lowest BCUT2D eigenvalue weighted by Crippen LogP contribution is -2.42. The predicted molar refractivity (Wildman–Crippen MR) is 73.7 cm³/mol. The molecule has 0 spiro atoms. The molecule has 1 aliphatic heterocycles. The molecule has 1 aromatic carbocycles. The molecule has 1 aromatic rings. The van der Waals surface area contributed by atoms with E-state index in [0.29, 0.717) is 19.2 Å². The number of carbonyl (C=O) groups is 2. The van der Waals surface area contributed by atoms with Gasteiger partial charge in [-0.25, -0.2) is 8.78 Å². The normalized spacial score (nSPS) is 16.0.